The van der Waals surface area contributed by atoms with Crippen LogP contribution in [0.3, 0.4) is 0 Å². The Bertz CT molecular complexity index is 2850. The molecule has 2 heteroatoms. The maximum absolute atomic E-state index is 5.26. The molecule has 9 aromatic rings. The van der Waals surface area contributed by atoms with Crippen molar-refractivity contribution in [1.82, 2.24) is 9.97 Å². The van der Waals surface area contributed by atoms with Gasteiger partial charge in [0, 0.05) is 22.1 Å². The van der Waals surface area contributed by atoms with Gasteiger partial charge in [-0.2, -0.15) is 0 Å². The minimum absolute atomic E-state index is 0.161. The van der Waals surface area contributed by atoms with Gasteiger partial charge in [0.05, 0.1) is 11.4 Å². The first-order chi connectivity index (χ1) is 26.0. The van der Waals surface area contributed by atoms with Crippen molar-refractivity contribution in [3.8, 4) is 67.3 Å². The minimum Gasteiger partial charge on any atom is -0.228 e. The Morgan fingerprint density at radius 2 is 0.962 bits per heavy atom. The third-order valence-electron chi connectivity index (χ3n) is 11.1. The topological polar surface area (TPSA) is 25.8 Å². The quantitative estimate of drug-likeness (QED) is 0.181. The molecule has 0 aliphatic heterocycles. The molecular weight excluding hydrogens is 641 g/mol. The van der Waals surface area contributed by atoms with E-state index in [2.05, 4.69) is 178 Å². The number of hydrogen-bond acceptors (Lipinski definition) is 2. The van der Waals surface area contributed by atoms with Crippen LogP contribution in [-0.2, 0) is 5.41 Å². The molecule has 53 heavy (non-hydrogen) atoms. The molecule has 1 aromatic heterocycles. The average molecular weight is 677 g/mol. The normalized spacial score (nSPS) is 12.9. The van der Waals surface area contributed by atoms with Gasteiger partial charge in [-0.25, -0.2) is 9.97 Å². The van der Waals surface area contributed by atoms with Crippen LogP contribution in [0.5, 0.6) is 0 Å². The summed E-state index contributed by atoms with van der Waals surface area (Å²) in [5.74, 6) is 0.712. The third-order valence-corrected chi connectivity index (χ3v) is 11.1. The number of aromatic nitrogens is 2. The maximum Gasteiger partial charge on any atom is 0.160 e. The van der Waals surface area contributed by atoms with Crippen LogP contribution in [0.15, 0.2) is 182 Å². The summed E-state index contributed by atoms with van der Waals surface area (Å²) in [6.07, 6.45) is 0. The van der Waals surface area contributed by atoms with Crippen molar-refractivity contribution in [1.29, 1.82) is 0 Å². The minimum atomic E-state index is -0.161. The molecule has 0 unspecified atom stereocenters. The number of fused-ring (bicyclic) bond motifs is 6. The summed E-state index contributed by atoms with van der Waals surface area (Å²) in [5, 5.41) is 4.98. The first-order valence-corrected chi connectivity index (χ1v) is 18.3. The van der Waals surface area contributed by atoms with E-state index in [9.17, 15) is 0 Å². The van der Waals surface area contributed by atoms with Crippen LogP contribution in [0.1, 0.15) is 25.0 Å². The van der Waals surface area contributed by atoms with Crippen molar-refractivity contribution in [3.63, 3.8) is 0 Å². The summed E-state index contributed by atoms with van der Waals surface area (Å²) in [4.78, 5) is 10.4. The van der Waals surface area contributed by atoms with Gasteiger partial charge >= 0.3 is 0 Å². The summed E-state index contributed by atoms with van der Waals surface area (Å²) >= 11 is 0. The van der Waals surface area contributed by atoms with E-state index in [4.69, 9.17) is 9.97 Å². The summed E-state index contributed by atoms with van der Waals surface area (Å²) in [6.45, 7) is 4.76. The van der Waals surface area contributed by atoms with Gasteiger partial charge < -0.3 is 0 Å². The van der Waals surface area contributed by atoms with Gasteiger partial charge in [0.15, 0.2) is 5.82 Å². The van der Waals surface area contributed by atoms with Crippen LogP contribution < -0.4 is 0 Å². The molecule has 0 radical (unpaired) electrons. The molecule has 1 aliphatic rings. The molecular formula is C51H36N2. The SMILES string of the molecule is CC1(C)c2ccc3ccccc3c2-c2cccc(-c3ccc(-c4cc(-c5cccc(-c6ccccc6)c5)nc(-c5ccccc5)n4)c4ccccc34)c21. The van der Waals surface area contributed by atoms with Crippen LogP contribution in [0.25, 0.3) is 88.8 Å². The number of benzene rings is 8. The Hall–Kier alpha value is -6.64. The molecule has 0 amide bonds. The van der Waals surface area contributed by atoms with Crippen molar-refractivity contribution < 1.29 is 0 Å². The monoisotopic (exact) mass is 676 g/mol. The van der Waals surface area contributed by atoms with Gasteiger partial charge in [0.1, 0.15) is 0 Å². The van der Waals surface area contributed by atoms with Gasteiger partial charge in [0.2, 0.25) is 0 Å². The van der Waals surface area contributed by atoms with E-state index in [1.165, 1.54) is 60.5 Å². The van der Waals surface area contributed by atoms with Crippen LogP contribution in [-0.4, -0.2) is 9.97 Å². The number of nitrogens with zero attached hydrogens (tertiary/aromatic N) is 2. The molecule has 1 heterocycles. The molecule has 0 bridgehead atoms. The molecule has 8 aromatic carbocycles. The van der Waals surface area contributed by atoms with E-state index in [1.54, 1.807) is 0 Å². The lowest BCUT2D eigenvalue weighted by atomic mass is 9.78. The molecule has 2 nitrogen and oxygen atoms in total. The molecule has 0 saturated heterocycles. The smallest absolute Gasteiger partial charge is 0.160 e. The van der Waals surface area contributed by atoms with Crippen molar-refractivity contribution in [2.75, 3.05) is 0 Å². The van der Waals surface area contributed by atoms with E-state index < -0.39 is 0 Å². The van der Waals surface area contributed by atoms with Crippen LogP contribution >= 0.6 is 0 Å². The van der Waals surface area contributed by atoms with E-state index in [-0.39, 0.29) is 5.41 Å². The fraction of sp³-hybridized carbons (Fsp3) is 0.0588. The van der Waals surface area contributed by atoms with Gasteiger partial charge in [-0.1, -0.05) is 184 Å². The molecule has 1 aliphatic carbocycles. The highest BCUT2D eigenvalue weighted by Gasteiger charge is 2.38. The summed E-state index contributed by atoms with van der Waals surface area (Å²) < 4.78 is 0. The van der Waals surface area contributed by atoms with Gasteiger partial charge in [-0.15, -0.1) is 0 Å². The fourth-order valence-electron chi connectivity index (χ4n) is 8.57. The Balaban J connectivity index is 1.16. The zero-order valence-corrected chi connectivity index (χ0v) is 29.7. The first kappa shape index (κ1) is 31.1. The van der Waals surface area contributed by atoms with E-state index in [0.29, 0.717) is 5.82 Å². The molecule has 10 rings (SSSR count). The van der Waals surface area contributed by atoms with Gasteiger partial charge in [0.25, 0.3) is 0 Å². The lowest BCUT2D eigenvalue weighted by Crippen LogP contribution is -2.16. The fourth-order valence-corrected chi connectivity index (χ4v) is 8.57. The first-order valence-electron chi connectivity index (χ1n) is 18.3. The predicted molar refractivity (Wildman–Crippen MR) is 222 cm³/mol. The highest BCUT2D eigenvalue weighted by Crippen LogP contribution is 2.55. The lowest BCUT2D eigenvalue weighted by Gasteiger charge is -2.25. The van der Waals surface area contributed by atoms with Crippen molar-refractivity contribution in [2.45, 2.75) is 19.3 Å². The standard InChI is InChI=1S/C51H36N2/c1-51(2)45-30-27-34-17-9-10-22-38(34)48(45)44-26-14-25-43(49(44)51)41-28-29-42(40-24-12-11-23-39(40)41)47-32-46(52-50(53-47)35-18-7-4-8-19-35)37-21-13-20-36(31-37)33-15-5-3-6-16-33/h3-32H,1-2H3. The zero-order chi connectivity index (χ0) is 35.5. The summed E-state index contributed by atoms with van der Waals surface area (Å²) in [5.41, 5.74) is 15.1. The summed E-state index contributed by atoms with van der Waals surface area (Å²) in [7, 11) is 0. The lowest BCUT2D eigenvalue weighted by molar-refractivity contribution is 0.662. The Kier molecular flexibility index (Phi) is 7.19. The Labute approximate surface area is 310 Å². The Morgan fingerprint density at radius 1 is 0.377 bits per heavy atom. The van der Waals surface area contributed by atoms with Crippen molar-refractivity contribution in [2.24, 2.45) is 0 Å². The van der Waals surface area contributed by atoms with Gasteiger partial charge in [-0.05, 0) is 78.2 Å². The van der Waals surface area contributed by atoms with Crippen LogP contribution in [0.4, 0.5) is 0 Å². The molecule has 0 N–H and O–H groups in total. The maximum atomic E-state index is 5.26. The van der Waals surface area contributed by atoms with E-state index in [1.807, 2.05) is 18.2 Å². The highest BCUT2D eigenvalue weighted by molar-refractivity contribution is 6.08. The highest BCUT2D eigenvalue weighted by atomic mass is 14.9. The molecule has 0 saturated carbocycles. The second kappa shape index (κ2) is 12.3. The third kappa shape index (κ3) is 5.10. The Morgan fingerprint density at radius 3 is 1.75 bits per heavy atom. The van der Waals surface area contributed by atoms with Crippen LogP contribution in [0, 0.1) is 0 Å². The molecule has 0 spiro atoms. The molecule has 0 fully saturated rings. The number of rotatable bonds is 5. The van der Waals surface area contributed by atoms with E-state index >= 15 is 0 Å². The molecule has 250 valence electrons. The predicted octanol–water partition coefficient (Wildman–Crippen LogP) is 13.4. The average Bonchev–Trinajstić information content (AvgIpc) is 3.47. The van der Waals surface area contributed by atoms with Crippen LogP contribution in [0.2, 0.25) is 0 Å². The number of hydrogen-bond donors (Lipinski definition) is 0. The molecule has 0 atom stereocenters. The largest absolute Gasteiger partial charge is 0.228 e. The second-order valence-electron chi connectivity index (χ2n) is 14.5. The van der Waals surface area contributed by atoms with Gasteiger partial charge in [-0.3, -0.25) is 0 Å². The van der Waals surface area contributed by atoms with Crippen molar-refractivity contribution in [3.05, 3.63) is 193 Å². The van der Waals surface area contributed by atoms with Crippen molar-refractivity contribution >= 4 is 21.5 Å². The second-order valence-corrected chi connectivity index (χ2v) is 14.5. The van der Waals surface area contributed by atoms with E-state index in [0.717, 1.165) is 33.6 Å². The summed E-state index contributed by atoms with van der Waals surface area (Å²) in [6, 6.07) is 65.3. The zero-order valence-electron chi connectivity index (χ0n) is 29.7.